The number of aromatic nitrogens is 1. The molecule has 2 aromatic rings. The van der Waals surface area contributed by atoms with Crippen LogP contribution in [0, 0.1) is 19.7 Å². The van der Waals surface area contributed by atoms with E-state index in [1.807, 2.05) is 0 Å². The number of halogens is 1. The summed E-state index contributed by atoms with van der Waals surface area (Å²) in [5.41, 5.74) is 1.83. The van der Waals surface area contributed by atoms with Gasteiger partial charge in [-0.25, -0.2) is 9.18 Å². The van der Waals surface area contributed by atoms with E-state index in [1.54, 1.807) is 13.8 Å². The normalized spacial score (nSPS) is 13.0. The molecule has 0 saturated heterocycles. The monoisotopic (exact) mass is 375 g/mol. The third-order valence-corrected chi connectivity index (χ3v) is 4.16. The van der Waals surface area contributed by atoms with Gasteiger partial charge in [0.15, 0.2) is 18.0 Å². The van der Waals surface area contributed by atoms with Gasteiger partial charge in [-0.15, -0.1) is 0 Å². The van der Waals surface area contributed by atoms with Crippen molar-refractivity contribution >= 4 is 17.5 Å². The van der Waals surface area contributed by atoms with E-state index in [0.29, 0.717) is 22.6 Å². The van der Waals surface area contributed by atoms with Crippen molar-refractivity contribution in [2.24, 2.45) is 0 Å². The number of esters is 1. The molecule has 0 aliphatic carbocycles. The maximum absolute atomic E-state index is 12.9. The summed E-state index contributed by atoms with van der Waals surface area (Å²) in [6, 6.07) is 5.20. The van der Waals surface area contributed by atoms with Crippen molar-refractivity contribution in [3.05, 3.63) is 52.6 Å². The minimum absolute atomic E-state index is 0.147. The molecule has 0 radical (unpaired) electrons. The fourth-order valence-corrected chi connectivity index (χ4v) is 2.82. The fourth-order valence-electron chi connectivity index (χ4n) is 2.82. The molecule has 2 atom stereocenters. The van der Waals surface area contributed by atoms with Crippen molar-refractivity contribution in [2.45, 2.75) is 46.8 Å². The van der Waals surface area contributed by atoms with Gasteiger partial charge < -0.3 is 14.5 Å². The van der Waals surface area contributed by atoms with Gasteiger partial charge >= 0.3 is 5.97 Å². The Morgan fingerprint density at radius 3 is 2.15 bits per heavy atom. The molecule has 0 aliphatic heterocycles. The van der Waals surface area contributed by atoms with Crippen LogP contribution in [-0.4, -0.2) is 34.7 Å². The molecule has 1 aromatic carbocycles. The Morgan fingerprint density at radius 1 is 1.04 bits per heavy atom. The molecule has 1 aromatic heterocycles. The average molecular weight is 375 g/mol. The molecular weight excluding hydrogens is 353 g/mol. The second-order valence-electron chi connectivity index (χ2n) is 6.34. The predicted octanol–water partition coefficient (Wildman–Crippen LogP) is 3.56. The first-order valence-corrected chi connectivity index (χ1v) is 8.48. The van der Waals surface area contributed by atoms with Gasteiger partial charge in [0.1, 0.15) is 11.6 Å². The highest BCUT2D eigenvalue weighted by atomic mass is 19.1. The van der Waals surface area contributed by atoms with Crippen LogP contribution in [0.5, 0.6) is 5.75 Å². The summed E-state index contributed by atoms with van der Waals surface area (Å²) < 4.78 is 23.5. The summed E-state index contributed by atoms with van der Waals surface area (Å²) in [4.78, 5) is 39.4. The Bertz CT molecular complexity index is 869. The highest BCUT2D eigenvalue weighted by Crippen LogP contribution is 2.21. The van der Waals surface area contributed by atoms with Gasteiger partial charge in [-0.2, -0.15) is 0 Å². The summed E-state index contributed by atoms with van der Waals surface area (Å²) in [6.07, 6.45) is -2.04. The number of rotatable bonds is 7. The first-order valence-electron chi connectivity index (χ1n) is 8.48. The van der Waals surface area contributed by atoms with Gasteiger partial charge in [0.05, 0.1) is 5.69 Å². The van der Waals surface area contributed by atoms with Crippen molar-refractivity contribution < 1.29 is 28.2 Å². The molecule has 7 heteroatoms. The van der Waals surface area contributed by atoms with Gasteiger partial charge in [-0.05, 0) is 64.4 Å². The largest absolute Gasteiger partial charge is 0.479 e. The zero-order chi connectivity index (χ0) is 20.3. The van der Waals surface area contributed by atoms with Crippen molar-refractivity contribution in [1.29, 1.82) is 0 Å². The number of hydrogen-bond acceptors (Lipinski definition) is 5. The Balaban J connectivity index is 2.05. The fraction of sp³-hybridized carbons (Fsp3) is 0.350. The van der Waals surface area contributed by atoms with Crippen molar-refractivity contribution in [3.8, 4) is 5.75 Å². The molecule has 27 heavy (non-hydrogen) atoms. The lowest BCUT2D eigenvalue weighted by molar-refractivity contribution is -0.153. The number of nitrogens with one attached hydrogen (secondary N) is 1. The Hall–Kier alpha value is -2.96. The number of carbonyl (C=O) groups is 3. The molecule has 6 nitrogen and oxygen atoms in total. The van der Waals surface area contributed by atoms with Gasteiger partial charge in [0, 0.05) is 11.3 Å². The van der Waals surface area contributed by atoms with Crippen molar-refractivity contribution in [1.82, 2.24) is 4.98 Å². The van der Waals surface area contributed by atoms with E-state index in [-0.39, 0.29) is 11.5 Å². The third kappa shape index (κ3) is 4.61. The third-order valence-electron chi connectivity index (χ3n) is 4.16. The van der Waals surface area contributed by atoms with E-state index < -0.39 is 29.8 Å². The number of Topliss-reactive ketones (excluding diaryl/α,β-unsaturated/α-hetero) is 2. The second kappa shape index (κ2) is 8.16. The number of aryl methyl sites for hydroxylation is 1. The smallest absolute Gasteiger partial charge is 0.347 e. The van der Waals surface area contributed by atoms with Gasteiger partial charge in [0.2, 0.25) is 5.78 Å². The molecule has 1 heterocycles. The Morgan fingerprint density at radius 2 is 1.63 bits per heavy atom. The first-order chi connectivity index (χ1) is 12.6. The average Bonchev–Trinajstić information content (AvgIpc) is 2.90. The Labute approximate surface area is 156 Å². The highest BCUT2D eigenvalue weighted by molar-refractivity contribution is 6.05. The topological polar surface area (TPSA) is 85.5 Å². The van der Waals surface area contributed by atoms with E-state index in [9.17, 15) is 18.8 Å². The van der Waals surface area contributed by atoms with Crippen LogP contribution in [0.3, 0.4) is 0 Å². The van der Waals surface area contributed by atoms with Crippen LogP contribution in [0.15, 0.2) is 24.3 Å². The summed E-state index contributed by atoms with van der Waals surface area (Å²) in [6.45, 7) is 7.72. The van der Waals surface area contributed by atoms with E-state index in [4.69, 9.17) is 9.47 Å². The van der Waals surface area contributed by atoms with Crippen LogP contribution in [0.4, 0.5) is 4.39 Å². The molecule has 2 rings (SSSR count). The van der Waals surface area contributed by atoms with Crippen LogP contribution < -0.4 is 4.74 Å². The first kappa shape index (κ1) is 20.4. The molecule has 0 bridgehead atoms. The van der Waals surface area contributed by atoms with Crippen LogP contribution in [0.1, 0.15) is 52.9 Å². The predicted molar refractivity (Wildman–Crippen MR) is 96.6 cm³/mol. The summed E-state index contributed by atoms with van der Waals surface area (Å²) in [5.74, 6) is -1.43. The molecule has 1 N–H and O–H groups in total. The molecule has 0 spiro atoms. The van der Waals surface area contributed by atoms with E-state index in [2.05, 4.69) is 4.98 Å². The SMILES string of the molecule is CC(=O)c1c(C)[nH]c(C(=O)[C@@H](C)OC(=O)[C@H](C)Oc2ccc(F)cc2)c1C. The minimum Gasteiger partial charge on any atom is -0.479 e. The lowest BCUT2D eigenvalue weighted by Gasteiger charge is -2.17. The van der Waals surface area contributed by atoms with Gasteiger partial charge in [0.25, 0.3) is 0 Å². The van der Waals surface area contributed by atoms with E-state index >= 15 is 0 Å². The number of ether oxygens (including phenoxy) is 2. The minimum atomic E-state index is -1.06. The quantitative estimate of drug-likeness (QED) is 0.591. The van der Waals surface area contributed by atoms with Crippen LogP contribution in [0.2, 0.25) is 0 Å². The van der Waals surface area contributed by atoms with Gasteiger partial charge in [-0.1, -0.05) is 0 Å². The van der Waals surface area contributed by atoms with E-state index in [1.165, 1.54) is 45.0 Å². The second-order valence-corrected chi connectivity index (χ2v) is 6.34. The molecule has 0 saturated carbocycles. The Kier molecular flexibility index (Phi) is 6.15. The van der Waals surface area contributed by atoms with Crippen molar-refractivity contribution in [3.63, 3.8) is 0 Å². The zero-order valence-corrected chi connectivity index (χ0v) is 15.9. The van der Waals surface area contributed by atoms with E-state index in [0.717, 1.165) is 0 Å². The lowest BCUT2D eigenvalue weighted by Crippen LogP contribution is -2.33. The zero-order valence-electron chi connectivity index (χ0n) is 15.9. The summed E-state index contributed by atoms with van der Waals surface area (Å²) in [5, 5.41) is 0. The molecule has 0 unspecified atom stereocenters. The lowest BCUT2D eigenvalue weighted by atomic mass is 10.0. The molecule has 144 valence electrons. The summed E-state index contributed by atoms with van der Waals surface area (Å²) in [7, 11) is 0. The molecular formula is C20H22FNO5. The number of ketones is 2. The van der Waals surface area contributed by atoms with Crippen molar-refractivity contribution in [2.75, 3.05) is 0 Å². The standard InChI is InChI=1S/C20H22FNO5/c1-10-17(12(3)23)11(2)22-18(10)19(24)13(4)27-20(25)14(5)26-16-8-6-15(21)7-9-16/h6-9,13-14,22H,1-5H3/t13-,14+/m1/s1. The highest BCUT2D eigenvalue weighted by Gasteiger charge is 2.28. The number of aromatic amines is 1. The van der Waals surface area contributed by atoms with Crippen LogP contribution in [0.25, 0.3) is 0 Å². The maximum atomic E-state index is 12.9. The number of hydrogen-bond donors (Lipinski definition) is 1. The summed E-state index contributed by atoms with van der Waals surface area (Å²) >= 11 is 0. The number of carbonyl (C=O) groups excluding carboxylic acids is 3. The number of benzene rings is 1. The molecule has 0 aliphatic rings. The van der Waals surface area contributed by atoms with Crippen LogP contribution >= 0.6 is 0 Å². The van der Waals surface area contributed by atoms with Gasteiger partial charge in [-0.3, -0.25) is 9.59 Å². The van der Waals surface area contributed by atoms with Crippen LogP contribution in [-0.2, 0) is 9.53 Å². The maximum Gasteiger partial charge on any atom is 0.347 e. The number of H-pyrrole nitrogens is 1. The molecule has 0 amide bonds. The molecule has 0 fully saturated rings.